The third-order valence-electron chi connectivity index (χ3n) is 2.50. The molecule has 2 heterocycles. The van der Waals surface area contributed by atoms with Crippen LogP contribution in [0.15, 0.2) is 36.0 Å². The Kier molecular flexibility index (Phi) is 2.89. The van der Waals surface area contributed by atoms with E-state index in [4.69, 9.17) is 16.3 Å². The second-order valence-corrected chi connectivity index (χ2v) is 5.17. The van der Waals surface area contributed by atoms with Crippen LogP contribution < -0.4 is 4.74 Å². The van der Waals surface area contributed by atoms with Crippen LogP contribution in [0.5, 0.6) is 11.6 Å². The number of halogens is 1. The number of aryl methyl sites for hydroxylation is 1. The van der Waals surface area contributed by atoms with Crippen LogP contribution in [-0.2, 0) is 0 Å². The molecule has 0 N–H and O–H groups in total. The number of aromatic nitrogens is 2. The highest BCUT2D eigenvalue weighted by Gasteiger charge is 2.09. The first kappa shape index (κ1) is 11.4. The minimum atomic E-state index is 0.542. The molecule has 0 amide bonds. The standard InChI is InChI=1S/C13H9ClN2OS/c1-8-2-3-11(9(14)6-8)17-13-12-10(4-5-18-12)15-7-16-13/h2-7H,1H3. The Balaban J connectivity index is 2.03. The van der Waals surface area contributed by atoms with Crippen molar-refractivity contribution < 1.29 is 4.74 Å². The smallest absolute Gasteiger partial charge is 0.240 e. The first-order chi connectivity index (χ1) is 8.74. The number of ether oxygens (including phenoxy) is 1. The van der Waals surface area contributed by atoms with Crippen molar-refractivity contribution in [3.8, 4) is 11.6 Å². The molecule has 0 spiro atoms. The van der Waals surface area contributed by atoms with Crippen LogP contribution >= 0.6 is 22.9 Å². The van der Waals surface area contributed by atoms with Gasteiger partial charge in [0.2, 0.25) is 5.88 Å². The molecule has 3 rings (SSSR count). The third-order valence-corrected chi connectivity index (χ3v) is 3.69. The fourth-order valence-electron chi connectivity index (χ4n) is 1.63. The largest absolute Gasteiger partial charge is 0.436 e. The predicted octanol–water partition coefficient (Wildman–Crippen LogP) is 4.45. The lowest BCUT2D eigenvalue weighted by Gasteiger charge is -2.07. The molecule has 2 aromatic heterocycles. The van der Waals surface area contributed by atoms with Crippen molar-refractivity contribution in [3.63, 3.8) is 0 Å². The Morgan fingerprint density at radius 1 is 1.22 bits per heavy atom. The van der Waals surface area contributed by atoms with Gasteiger partial charge in [-0.15, -0.1) is 11.3 Å². The van der Waals surface area contributed by atoms with Gasteiger partial charge < -0.3 is 4.74 Å². The molecule has 5 heteroatoms. The minimum Gasteiger partial charge on any atom is -0.436 e. The highest BCUT2D eigenvalue weighted by atomic mass is 35.5. The summed E-state index contributed by atoms with van der Waals surface area (Å²) in [6, 6.07) is 7.60. The van der Waals surface area contributed by atoms with Crippen LogP contribution in [0.2, 0.25) is 5.02 Å². The number of benzene rings is 1. The molecular weight excluding hydrogens is 268 g/mol. The molecule has 0 aliphatic rings. The van der Waals surface area contributed by atoms with Crippen LogP contribution in [-0.4, -0.2) is 9.97 Å². The van der Waals surface area contributed by atoms with Crippen molar-refractivity contribution in [2.75, 3.05) is 0 Å². The first-order valence-electron chi connectivity index (χ1n) is 5.36. The Morgan fingerprint density at radius 2 is 2.11 bits per heavy atom. The molecule has 0 radical (unpaired) electrons. The van der Waals surface area contributed by atoms with Crippen molar-refractivity contribution in [3.05, 3.63) is 46.6 Å². The van der Waals surface area contributed by atoms with E-state index in [1.807, 2.05) is 36.6 Å². The van der Waals surface area contributed by atoms with Crippen LogP contribution in [0.3, 0.4) is 0 Å². The highest BCUT2D eigenvalue weighted by molar-refractivity contribution is 7.17. The lowest BCUT2D eigenvalue weighted by atomic mass is 10.2. The summed E-state index contributed by atoms with van der Waals surface area (Å²) in [7, 11) is 0. The fraction of sp³-hybridized carbons (Fsp3) is 0.0769. The van der Waals surface area contributed by atoms with Gasteiger partial charge in [-0.25, -0.2) is 9.97 Å². The van der Waals surface area contributed by atoms with Gasteiger partial charge in [-0.2, -0.15) is 0 Å². The first-order valence-corrected chi connectivity index (χ1v) is 6.62. The minimum absolute atomic E-state index is 0.542. The van der Waals surface area contributed by atoms with E-state index in [-0.39, 0.29) is 0 Å². The number of fused-ring (bicyclic) bond motifs is 1. The monoisotopic (exact) mass is 276 g/mol. The second-order valence-electron chi connectivity index (χ2n) is 3.85. The quantitative estimate of drug-likeness (QED) is 0.694. The summed E-state index contributed by atoms with van der Waals surface area (Å²) >= 11 is 7.69. The van der Waals surface area contributed by atoms with Crippen molar-refractivity contribution in [2.24, 2.45) is 0 Å². The van der Waals surface area contributed by atoms with Crippen molar-refractivity contribution in [1.82, 2.24) is 9.97 Å². The molecule has 0 saturated carbocycles. The molecule has 0 aliphatic carbocycles. The van der Waals surface area contributed by atoms with Crippen LogP contribution in [0.1, 0.15) is 5.56 Å². The maximum atomic E-state index is 6.14. The fourth-order valence-corrected chi connectivity index (χ4v) is 2.68. The average molecular weight is 277 g/mol. The zero-order chi connectivity index (χ0) is 12.5. The Bertz CT molecular complexity index is 711. The molecule has 0 saturated heterocycles. The normalized spacial score (nSPS) is 10.8. The van der Waals surface area contributed by atoms with Crippen LogP contribution in [0, 0.1) is 6.92 Å². The summed E-state index contributed by atoms with van der Waals surface area (Å²) < 4.78 is 6.69. The lowest BCUT2D eigenvalue weighted by Crippen LogP contribution is -1.90. The van der Waals surface area contributed by atoms with Gasteiger partial charge in [0.25, 0.3) is 0 Å². The number of rotatable bonds is 2. The number of thiophene rings is 1. The molecule has 0 bridgehead atoms. The van der Waals surface area contributed by atoms with Gasteiger partial charge in [0.1, 0.15) is 16.8 Å². The maximum Gasteiger partial charge on any atom is 0.240 e. The zero-order valence-electron chi connectivity index (χ0n) is 9.55. The molecule has 0 atom stereocenters. The van der Waals surface area contributed by atoms with E-state index < -0.39 is 0 Å². The van der Waals surface area contributed by atoms with Crippen molar-refractivity contribution in [1.29, 1.82) is 0 Å². The van der Waals surface area contributed by atoms with E-state index in [2.05, 4.69) is 9.97 Å². The van der Waals surface area contributed by atoms with Crippen LogP contribution in [0.25, 0.3) is 10.2 Å². The van der Waals surface area contributed by atoms with E-state index in [0.717, 1.165) is 15.8 Å². The van der Waals surface area contributed by atoms with Crippen LogP contribution in [0.4, 0.5) is 0 Å². The van der Waals surface area contributed by atoms with E-state index in [0.29, 0.717) is 16.7 Å². The van der Waals surface area contributed by atoms with E-state index in [1.165, 1.54) is 6.33 Å². The Hall–Kier alpha value is -1.65. The lowest BCUT2D eigenvalue weighted by molar-refractivity contribution is 0.469. The summed E-state index contributed by atoms with van der Waals surface area (Å²) in [5.41, 5.74) is 1.98. The molecule has 18 heavy (non-hydrogen) atoms. The molecule has 0 unspecified atom stereocenters. The SMILES string of the molecule is Cc1ccc(Oc2ncnc3ccsc23)c(Cl)c1. The molecule has 0 aliphatic heterocycles. The predicted molar refractivity (Wildman–Crippen MR) is 73.7 cm³/mol. The zero-order valence-corrected chi connectivity index (χ0v) is 11.1. The average Bonchev–Trinajstić information content (AvgIpc) is 2.82. The molecular formula is C13H9ClN2OS. The number of hydrogen-bond acceptors (Lipinski definition) is 4. The molecule has 1 aromatic carbocycles. The van der Waals surface area contributed by atoms with Crippen molar-refractivity contribution >= 4 is 33.2 Å². The highest BCUT2D eigenvalue weighted by Crippen LogP contribution is 2.34. The summed E-state index contributed by atoms with van der Waals surface area (Å²) in [5, 5.41) is 2.54. The van der Waals surface area contributed by atoms with E-state index >= 15 is 0 Å². The Morgan fingerprint density at radius 3 is 2.94 bits per heavy atom. The topological polar surface area (TPSA) is 35.0 Å². The number of hydrogen-bond donors (Lipinski definition) is 0. The summed E-state index contributed by atoms with van der Waals surface area (Å²) in [5.74, 6) is 1.15. The summed E-state index contributed by atoms with van der Waals surface area (Å²) in [4.78, 5) is 8.32. The molecule has 0 fully saturated rings. The Labute approximate surface area is 113 Å². The van der Waals surface area contributed by atoms with Gasteiger partial charge in [0.15, 0.2) is 0 Å². The number of nitrogens with zero attached hydrogens (tertiary/aromatic N) is 2. The second kappa shape index (κ2) is 4.55. The van der Waals surface area contributed by atoms with Gasteiger partial charge in [-0.3, -0.25) is 0 Å². The van der Waals surface area contributed by atoms with E-state index in [9.17, 15) is 0 Å². The van der Waals surface area contributed by atoms with Gasteiger partial charge >= 0.3 is 0 Å². The van der Waals surface area contributed by atoms with E-state index in [1.54, 1.807) is 11.3 Å². The van der Waals surface area contributed by atoms with Crippen molar-refractivity contribution in [2.45, 2.75) is 6.92 Å². The molecule has 90 valence electrons. The molecule has 3 aromatic rings. The summed E-state index contributed by atoms with van der Waals surface area (Å²) in [6.45, 7) is 1.98. The summed E-state index contributed by atoms with van der Waals surface area (Å²) in [6.07, 6.45) is 1.49. The van der Waals surface area contributed by atoms with Gasteiger partial charge in [0.05, 0.1) is 10.5 Å². The van der Waals surface area contributed by atoms with Gasteiger partial charge in [-0.05, 0) is 36.1 Å². The third kappa shape index (κ3) is 2.05. The van der Waals surface area contributed by atoms with Gasteiger partial charge in [0, 0.05) is 0 Å². The molecule has 3 nitrogen and oxygen atoms in total. The maximum absolute atomic E-state index is 6.14. The van der Waals surface area contributed by atoms with Gasteiger partial charge in [-0.1, -0.05) is 17.7 Å².